The van der Waals surface area contributed by atoms with Gasteiger partial charge in [0.1, 0.15) is 0 Å². The highest BCUT2D eigenvalue weighted by atomic mass is 16.5. The lowest BCUT2D eigenvalue weighted by Crippen LogP contribution is -2.02. The number of allylic oxidation sites excluding steroid dienone is 2. The van der Waals surface area contributed by atoms with Crippen molar-refractivity contribution in [2.75, 3.05) is 6.61 Å². The number of rotatable bonds is 9. The topological polar surface area (TPSA) is 26.3 Å². The van der Waals surface area contributed by atoms with Crippen molar-refractivity contribution in [3.8, 4) is 0 Å². The zero-order valence-electron chi connectivity index (χ0n) is 11.8. The number of hydrogen-bond donors (Lipinski definition) is 0. The maximum atomic E-state index is 11.1. The van der Waals surface area contributed by atoms with Gasteiger partial charge in [0.05, 0.1) is 6.61 Å². The number of benzene rings is 1. The van der Waals surface area contributed by atoms with Crippen molar-refractivity contribution in [3.05, 3.63) is 48.0 Å². The van der Waals surface area contributed by atoms with Crippen LogP contribution in [0, 0.1) is 0 Å². The molecule has 0 heterocycles. The molecule has 0 radical (unpaired) electrons. The van der Waals surface area contributed by atoms with Gasteiger partial charge >= 0.3 is 5.97 Å². The molecule has 0 spiro atoms. The van der Waals surface area contributed by atoms with Crippen LogP contribution in [0.4, 0.5) is 0 Å². The standard InChI is InChI=1S/C17H24O2/c1-2-19-17(18)15-11-6-4-3-5-8-12-16-13-9-7-10-14-16/h5,7-10,13-14H,2-4,6,11-12,15H2,1H3. The molecular formula is C17H24O2. The molecule has 0 fully saturated rings. The normalized spacial score (nSPS) is 10.8. The van der Waals surface area contributed by atoms with Gasteiger partial charge in [-0.2, -0.15) is 0 Å². The SMILES string of the molecule is CCOC(=O)CCCCCC=CCc1ccccc1. The summed E-state index contributed by atoms with van der Waals surface area (Å²) in [5, 5.41) is 0. The van der Waals surface area contributed by atoms with Crippen molar-refractivity contribution in [1.29, 1.82) is 0 Å². The molecule has 0 unspecified atom stereocenters. The molecular weight excluding hydrogens is 236 g/mol. The van der Waals surface area contributed by atoms with Crippen molar-refractivity contribution < 1.29 is 9.53 Å². The average molecular weight is 260 g/mol. The third-order valence-corrected chi connectivity index (χ3v) is 2.92. The van der Waals surface area contributed by atoms with Gasteiger partial charge in [0, 0.05) is 6.42 Å². The van der Waals surface area contributed by atoms with Crippen LogP contribution >= 0.6 is 0 Å². The Kier molecular flexibility index (Phi) is 8.45. The molecule has 0 aromatic heterocycles. The molecule has 0 bridgehead atoms. The summed E-state index contributed by atoms with van der Waals surface area (Å²) in [5.74, 6) is -0.0675. The van der Waals surface area contributed by atoms with E-state index in [4.69, 9.17) is 4.74 Å². The molecule has 0 atom stereocenters. The third-order valence-electron chi connectivity index (χ3n) is 2.92. The molecule has 104 valence electrons. The minimum absolute atomic E-state index is 0.0675. The van der Waals surface area contributed by atoms with E-state index in [1.165, 1.54) is 5.56 Å². The van der Waals surface area contributed by atoms with Gasteiger partial charge in [0.15, 0.2) is 0 Å². The Hall–Kier alpha value is -1.57. The van der Waals surface area contributed by atoms with E-state index in [1.807, 2.05) is 13.0 Å². The second-order valence-corrected chi connectivity index (χ2v) is 4.57. The fourth-order valence-corrected chi connectivity index (χ4v) is 1.89. The highest BCUT2D eigenvalue weighted by Gasteiger charge is 1.99. The monoisotopic (exact) mass is 260 g/mol. The van der Waals surface area contributed by atoms with Gasteiger partial charge in [0.25, 0.3) is 0 Å². The molecule has 0 aliphatic heterocycles. The van der Waals surface area contributed by atoms with Gasteiger partial charge in [0.2, 0.25) is 0 Å². The van der Waals surface area contributed by atoms with Crippen LogP contribution in [0.15, 0.2) is 42.5 Å². The Labute approximate surface area is 116 Å². The van der Waals surface area contributed by atoms with E-state index in [-0.39, 0.29) is 5.97 Å². The number of hydrogen-bond acceptors (Lipinski definition) is 2. The van der Waals surface area contributed by atoms with Gasteiger partial charge in [-0.15, -0.1) is 0 Å². The summed E-state index contributed by atoms with van der Waals surface area (Å²) in [4.78, 5) is 11.1. The molecule has 1 rings (SSSR count). The Morgan fingerprint density at radius 1 is 1.11 bits per heavy atom. The summed E-state index contributed by atoms with van der Waals surface area (Å²) in [6.07, 6.45) is 10.3. The highest BCUT2D eigenvalue weighted by Crippen LogP contribution is 2.06. The molecule has 0 amide bonds. The Morgan fingerprint density at radius 2 is 1.89 bits per heavy atom. The lowest BCUT2D eigenvalue weighted by Gasteiger charge is -2.00. The van der Waals surface area contributed by atoms with Gasteiger partial charge in [-0.3, -0.25) is 4.79 Å². The Balaban J connectivity index is 1.97. The van der Waals surface area contributed by atoms with Crippen molar-refractivity contribution in [1.82, 2.24) is 0 Å². The molecule has 1 aromatic rings. The first kappa shape index (κ1) is 15.5. The minimum atomic E-state index is -0.0675. The van der Waals surface area contributed by atoms with E-state index in [1.54, 1.807) is 0 Å². The largest absolute Gasteiger partial charge is 0.466 e. The molecule has 0 saturated heterocycles. The molecule has 1 aromatic carbocycles. The summed E-state index contributed by atoms with van der Waals surface area (Å²) in [5.41, 5.74) is 1.35. The number of unbranched alkanes of at least 4 members (excludes halogenated alkanes) is 3. The van der Waals surface area contributed by atoms with Crippen LogP contribution in [0.2, 0.25) is 0 Å². The Morgan fingerprint density at radius 3 is 2.63 bits per heavy atom. The lowest BCUT2D eigenvalue weighted by molar-refractivity contribution is -0.143. The molecule has 0 aliphatic rings. The first-order valence-corrected chi connectivity index (χ1v) is 7.17. The van der Waals surface area contributed by atoms with Crippen LogP contribution in [0.1, 0.15) is 44.6 Å². The maximum absolute atomic E-state index is 11.1. The van der Waals surface area contributed by atoms with Crippen LogP contribution in [0.3, 0.4) is 0 Å². The van der Waals surface area contributed by atoms with Gasteiger partial charge in [-0.1, -0.05) is 48.9 Å². The maximum Gasteiger partial charge on any atom is 0.305 e. The quantitative estimate of drug-likeness (QED) is 0.376. The first-order valence-electron chi connectivity index (χ1n) is 7.17. The number of esters is 1. The molecule has 0 saturated carbocycles. The van der Waals surface area contributed by atoms with Gasteiger partial charge < -0.3 is 4.74 Å². The second-order valence-electron chi connectivity index (χ2n) is 4.57. The summed E-state index contributed by atoms with van der Waals surface area (Å²) in [6.45, 7) is 2.33. The summed E-state index contributed by atoms with van der Waals surface area (Å²) < 4.78 is 4.88. The van der Waals surface area contributed by atoms with Crippen molar-refractivity contribution in [2.45, 2.75) is 45.4 Å². The van der Waals surface area contributed by atoms with E-state index in [0.717, 1.165) is 32.1 Å². The fraction of sp³-hybridized carbons (Fsp3) is 0.471. The predicted octanol–water partition coefficient (Wildman–Crippen LogP) is 4.30. The first-order chi connectivity index (χ1) is 9.33. The van der Waals surface area contributed by atoms with Crippen LogP contribution < -0.4 is 0 Å². The van der Waals surface area contributed by atoms with Crippen LogP contribution in [-0.4, -0.2) is 12.6 Å². The molecule has 2 heteroatoms. The van der Waals surface area contributed by atoms with Gasteiger partial charge in [-0.25, -0.2) is 0 Å². The molecule has 0 N–H and O–H groups in total. The zero-order chi connectivity index (χ0) is 13.8. The lowest BCUT2D eigenvalue weighted by atomic mass is 10.1. The van der Waals surface area contributed by atoms with Crippen molar-refractivity contribution in [3.63, 3.8) is 0 Å². The summed E-state index contributed by atoms with van der Waals surface area (Å²) >= 11 is 0. The van der Waals surface area contributed by atoms with E-state index in [9.17, 15) is 4.79 Å². The summed E-state index contributed by atoms with van der Waals surface area (Å²) in [6, 6.07) is 10.5. The molecule has 2 nitrogen and oxygen atoms in total. The van der Waals surface area contributed by atoms with E-state index < -0.39 is 0 Å². The van der Waals surface area contributed by atoms with E-state index >= 15 is 0 Å². The second kappa shape index (κ2) is 10.4. The number of ether oxygens (including phenoxy) is 1. The third kappa shape index (κ3) is 8.20. The fourth-order valence-electron chi connectivity index (χ4n) is 1.89. The van der Waals surface area contributed by atoms with E-state index in [0.29, 0.717) is 13.0 Å². The molecule has 19 heavy (non-hydrogen) atoms. The van der Waals surface area contributed by atoms with Crippen molar-refractivity contribution in [2.24, 2.45) is 0 Å². The van der Waals surface area contributed by atoms with Crippen molar-refractivity contribution >= 4 is 5.97 Å². The smallest absolute Gasteiger partial charge is 0.305 e. The minimum Gasteiger partial charge on any atom is -0.466 e. The van der Waals surface area contributed by atoms with Crippen LogP contribution in [0.25, 0.3) is 0 Å². The van der Waals surface area contributed by atoms with Gasteiger partial charge in [-0.05, 0) is 38.2 Å². The summed E-state index contributed by atoms with van der Waals surface area (Å²) in [7, 11) is 0. The zero-order valence-corrected chi connectivity index (χ0v) is 11.8. The van der Waals surface area contributed by atoms with Crippen LogP contribution in [0.5, 0.6) is 0 Å². The number of carbonyl (C=O) groups is 1. The predicted molar refractivity (Wildman–Crippen MR) is 79.0 cm³/mol. The van der Waals surface area contributed by atoms with E-state index in [2.05, 4.69) is 36.4 Å². The number of carbonyl (C=O) groups excluding carboxylic acids is 1. The highest BCUT2D eigenvalue weighted by molar-refractivity contribution is 5.69. The average Bonchev–Trinajstić information content (AvgIpc) is 2.43. The molecule has 0 aliphatic carbocycles. The Bertz CT molecular complexity index is 368. The van der Waals surface area contributed by atoms with Crippen LogP contribution in [-0.2, 0) is 16.0 Å².